The summed E-state index contributed by atoms with van der Waals surface area (Å²) in [6.07, 6.45) is 2.35. The molecule has 0 saturated carbocycles. The van der Waals surface area contributed by atoms with Crippen LogP contribution >= 0.6 is 0 Å². The van der Waals surface area contributed by atoms with Gasteiger partial charge in [-0.05, 0) is 42.7 Å². The Hall–Kier alpha value is -3.02. The molecule has 24 heavy (non-hydrogen) atoms. The van der Waals surface area contributed by atoms with E-state index in [1.54, 1.807) is 18.3 Å². The molecule has 0 atom stereocenters. The lowest BCUT2D eigenvalue weighted by Crippen LogP contribution is -2.09. The van der Waals surface area contributed by atoms with Gasteiger partial charge in [-0.25, -0.2) is 4.39 Å². The standard InChI is InChI=1S/C18H18FN5/c1-13-4-2-3-5-16(13)22-18-23-17(12-21-24-18)20-11-10-14-6-8-15(19)9-7-14/h2-9,12H,10-11H2,1H3,(H2,20,22,23,24). The lowest BCUT2D eigenvalue weighted by molar-refractivity contribution is 0.627. The van der Waals surface area contributed by atoms with Crippen LogP contribution in [0, 0.1) is 12.7 Å². The Balaban J connectivity index is 1.59. The van der Waals surface area contributed by atoms with Crippen molar-refractivity contribution < 1.29 is 4.39 Å². The molecule has 0 radical (unpaired) electrons. The maximum absolute atomic E-state index is 12.9. The zero-order valence-electron chi connectivity index (χ0n) is 13.3. The topological polar surface area (TPSA) is 62.7 Å². The van der Waals surface area contributed by atoms with Gasteiger partial charge in [0.1, 0.15) is 5.82 Å². The number of para-hydroxylation sites is 1. The molecule has 0 fully saturated rings. The normalized spacial score (nSPS) is 10.4. The second kappa shape index (κ2) is 7.50. The Bertz CT molecular complexity index is 805. The van der Waals surface area contributed by atoms with E-state index in [1.165, 1.54) is 12.1 Å². The van der Waals surface area contributed by atoms with E-state index < -0.39 is 0 Å². The number of halogens is 1. The van der Waals surface area contributed by atoms with Gasteiger partial charge in [-0.15, -0.1) is 5.10 Å². The number of aromatic nitrogens is 3. The maximum Gasteiger partial charge on any atom is 0.249 e. The summed E-state index contributed by atoms with van der Waals surface area (Å²) in [6.45, 7) is 2.69. The molecule has 122 valence electrons. The highest BCUT2D eigenvalue weighted by atomic mass is 19.1. The average Bonchev–Trinajstić information content (AvgIpc) is 2.59. The smallest absolute Gasteiger partial charge is 0.249 e. The molecule has 1 aromatic heterocycles. The minimum absolute atomic E-state index is 0.223. The van der Waals surface area contributed by atoms with Crippen molar-refractivity contribution in [3.05, 3.63) is 71.7 Å². The molecule has 2 aromatic carbocycles. The molecular weight excluding hydrogens is 305 g/mol. The first-order valence-corrected chi connectivity index (χ1v) is 7.71. The lowest BCUT2D eigenvalue weighted by atomic mass is 10.1. The predicted octanol–water partition coefficient (Wildman–Crippen LogP) is 3.72. The minimum atomic E-state index is -0.223. The molecule has 0 aliphatic carbocycles. The molecule has 0 aliphatic rings. The van der Waals surface area contributed by atoms with Crippen LogP contribution in [0.3, 0.4) is 0 Å². The second-order valence-corrected chi connectivity index (χ2v) is 5.41. The number of anilines is 3. The van der Waals surface area contributed by atoms with Gasteiger partial charge in [0.15, 0.2) is 5.82 Å². The molecule has 6 heteroatoms. The van der Waals surface area contributed by atoms with Crippen LogP contribution < -0.4 is 10.6 Å². The third-order valence-electron chi connectivity index (χ3n) is 3.58. The summed E-state index contributed by atoms with van der Waals surface area (Å²) in [5.41, 5.74) is 3.11. The Morgan fingerprint density at radius 1 is 1.04 bits per heavy atom. The zero-order chi connectivity index (χ0) is 16.8. The number of hydrogen-bond donors (Lipinski definition) is 2. The number of rotatable bonds is 6. The first-order valence-electron chi connectivity index (χ1n) is 7.71. The van der Waals surface area contributed by atoms with Crippen LogP contribution in [0.25, 0.3) is 0 Å². The van der Waals surface area contributed by atoms with E-state index in [2.05, 4.69) is 25.8 Å². The highest BCUT2D eigenvalue weighted by Gasteiger charge is 2.03. The first kappa shape index (κ1) is 15.9. The molecule has 0 aliphatic heterocycles. The van der Waals surface area contributed by atoms with Gasteiger partial charge in [0.05, 0.1) is 6.20 Å². The molecule has 1 heterocycles. The van der Waals surface area contributed by atoms with Crippen LogP contribution in [-0.2, 0) is 6.42 Å². The van der Waals surface area contributed by atoms with E-state index in [0.29, 0.717) is 18.3 Å². The number of aryl methyl sites for hydroxylation is 1. The number of benzene rings is 2. The molecule has 3 aromatic rings. The zero-order valence-corrected chi connectivity index (χ0v) is 13.3. The molecule has 0 unspecified atom stereocenters. The van der Waals surface area contributed by atoms with Crippen LogP contribution in [0.2, 0.25) is 0 Å². The van der Waals surface area contributed by atoms with Crippen LogP contribution in [0.15, 0.2) is 54.7 Å². The summed E-state index contributed by atoms with van der Waals surface area (Å²) < 4.78 is 12.9. The molecule has 5 nitrogen and oxygen atoms in total. The Kier molecular flexibility index (Phi) is 4.96. The molecular formula is C18H18FN5. The van der Waals surface area contributed by atoms with Gasteiger partial charge in [0, 0.05) is 12.2 Å². The van der Waals surface area contributed by atoms with Crippen molar-refractivity contribution in [1.82, 2.24) is 15.2 Å². The molecule has 0 amide bonds. The first-order chi connectivity index (χ1) is 11.7. The monoisotopic (exact) mass is 323 g/mol. The van der Waals surface area contributed by atoms with E-state index in [1.807, 2.05) is 31.2 Å². The van der Waals surface area contributed by atoms with Gasteiger partial charge in [-0.3, -0.25) is 0 Å². The second-order valence-electron chi connectivity index (χ2n) is 5.41. The Morgan fingerprint density at radius 3 is 2.62 bits per heavy atom. The summed E-state index contributed by atoms with van der Waals surface area (Å²) in [7, 11) is 0. The number of nitrogens with zero attached hydrogens (tertiary/aromatic N) is 3. The van der Waals surface area contributed by atoms with Gasteiger partial charge in [-0.1, -0.05) is 30.3 Å². The SMILES string of the molecule is Cc1ccccc1Nc1nncc(NCCc2ccc(F)cc2)n1. The van der Waals surface area contributed by atoms with E-state index in [4.69, 9.17) is 0 Å². The van der Waals surface area contributed by atoms with E-state index >= 15 is 0 Å². The van der Waals surface area contributed by atoms with Gasteiger partial charge in [0.2, 0.25) is 5.95 Å². The van der Waals surface area contributed by atoms with Crippen molar-refractivity contribution in [2.75, 3.05) is 17.2 Å². The molecule has 0 bridgehead atoms. The molecule has 0 spiro atoms. The number of nitrogens with one attached hydrogen (secondary N) is 2. The summed E-state index contributed by atoms with van der Waals surface area (Å²) in [4.78, 5) is 4.40. The molecule has 3 rings (SSSR count). The average molecular weight is 323 g/mol. The van der Waals surface area contributed by atoms with Crippen LogP contribution in [0.5, 0.6) is 0 Å². The van der Waals surface area contributed by atoms with E-state index in [-0.39, 0.29) is 5.82 Å². The fourth-order valence-electron chi connectivity index (χ4n) is 2.26. The van der Waals surface area contributed by atoms with Gasteiger partial charge < -0.3 is 10.6 Å². The third kappa shape index (κ3) is 4.25. The van der Waals surface area contributed by atoms with Crippen molar-refractivity contribution in [3.8, 4) is 0 Å². The van der Waals surface area contributed by atoms with E-state index in [0.717, 1.165) is 23.2 Å². The van der Waals surface area contributed by atoms with Crippen molar-refractivity contribution in [1.29, 1.82) is 0 Å². The lowest BCUT2D eigenvalue weighted by Gasteiger charge is -2.09. The Morgan fingerprint density at radius 2 is 1.83 bits per heavy atom. The van der Waals surface area contributed by atoms with E-state index in [9.17, 15) is 4.39 Å². The summed E-state index contributed by atoms with van der Waals surface area (Å²) in [5.74, 6) is 0.859. The quantitative estimate of drug-likeness (QED) is 0.724. The molecule has 0 saturated heterocycles. The van der Waals surface area contributed by atoms with Crippen molar-refractivity contribution in [2.45, 2.75) is 13.3 Å². The third-order valence-corrected chi connectivity index (χ3v) is 3.58. The predicted molar refractivity (Wildman–Crippen MR) is 92.9 cm³/mol. The van der Waals surface area contributed by atoms with Gasteiger partial charge in [-0.2, -0.15) is 10.1 Å². The fraction of sp³-hybridized carbons (Fsp3) is 0.167. The largest absolute Gasteiger partial charge is 0.368 e. The summed E-state index contributed by atoms with van der Waals surface area (Å²) in [6, 6.07) is 14.4. The maximum atomic E-state index is 12.9. The van der Waals surface area contributed by atoms with Crippen LogP contribution in [-0.4, -0.2) is 21.7 Å². The van der Waals surface area contributed by atoms with Crippen molar-refractivity contribution >= 4 is 17.5 Å². The van der Waals surface area contributed by atoms with Crippen molar-refractivity contribution in [2.24, 2.45) is 0 Å². The van der Waals surface area contributed by atoms with Gasteiger partial charge in [0.25, 0.3) is 0 Å². The van der Waals surface area contributed by atoms with Crippen molar-refractivity contribution in [3.63, 3.8) is 0 Å². The highest BCUT2D eigenvalue weighted by Crippen LogP contribution is 2.17. The van der Waals surface area contributed by atoms with Gasteiger partial charge >= 0.3 is 0 Å². The highest BCUT2D eigenvalue weighted by molar-refractivity contribution is 5.58. The van der Waals surface area contributed by atoms with Crippen LogP contribution in [0.1, 0.15) is 11.1 Å². The fourth-order valence-corrected chi connectivity index (χ4v) is 2.26. The Labute approximate surface area is 140 Å². The summed E-state index contributed by atoms with van der Waals surface area (Å²) in [5, 5.41) is 14.3. The summed E-state index contributed by atoms with van der Waals surface area (Å²) >= 11 is 0. The number of hydrogen-bond acceptors (Lipinski definition) is 5. The molecule has 2 N–H and O–H groups in total. The van der Waals surface area contributed by atoms with Crippen LogP contribution in [0.4, 0.5) is 21.8 Å². The minimum Gasteiger partial charge on any atom is -0.368 e.